The fraction of sp³-hybridized carbons (Fsp3) is 0.944. The summed E-state index contributed by atoms with van der Waals surface area (Å²) in [5, 5.41) is 3.47. The van der Waals surface area contributed by atoms with Crippen LogP contribution < -0.4 is 5.32 Å². The summed E-state index contributed by atoms with van der Waals surface area (Å²) in [5.41, 5.74) is 0.557. The van der Waals surface area contributed by atoms with Crippen molar-refractivity contribution in [2.45, 2.75) is 64.7 Å². The Bertz CT molecular complexity index is 344. The van der Waals surface area contributed by atoms with E-state index in [0.29, 0.717) is 17.2 Å². The molecule has 3 fully saturated rings. The van der Waals surface area contributed by atoms with Crippen molar-refractivity contribution >= 4 is 5.91 Å². The Morgan fingerprint density at radius 3 is 2.24 bits per heavy atom. The number of piperidine rings is 2. The molecule has 0 radical (unpaired) electrons. The minimum absolute atomic E-state index is 0.342. The van der Waals surface area contributed by atoms with Crippen molar-refractivity contribution < 1.29 is 4.79 Å². The maximum Gasteiger partial charge on any atom is 0.225 e. The smallest absolute Gasteiger partial charge is 0.225 e. The summed E-state index contributed by atoms with van der Waals surface area (Å²) in [5.74, 6) is 1.71. The Morgan fingerprint density at radius 2 is 1.67 bits per heavy atom. The minimum Gasteiger partial charge on any atom is -0.342 e. The van der Waals surface area contributed by atoms with Gasteiger partial charge in [0.15, 0.2) is 0 Å². The highest BCUT2D eigenvalue weighted by atomic mass is 16.2. The first-order valence-electron chi connectivity index (χ1n) is 9.22. The zero-order valence-corrected chi connectivity index (χ0v) is 13.7. The number of carbonyl (C=O) groups is 1. The number of carbonyl (C=O) groups excluding carboxylic acids is 1. The highest BCUT2D eigenvalue weighted by molar-refractivity contribution is 5.79. The van der Waals surface area contributed by atoms with Crippen molar-refractivity contribution in [2.24, 2.45) is 17.3 Å². The number of amides is 1. The molecule has 21 heavy (non-hydrogen) atoms. The third kappa shape index (κ3) is 3.44. The third-order valence-corrected chi connectivity index (χ3v) is 6.57. The molecule has 3 nitrogen and oxygen atoms in total. The molecule has 2 aliphatic heterocycles. The third-order valence-electron chi connectivity index (χ3n) is 6.57. The van der Waals surface area contributed by atoms with Gasteiger partial charge in [0, 0.05) is 19.0 Å². The first-order chi connectivity index (χ1) is 10.2. The largest absolute Gasteiger partial charge is 0.342 e. The predicted molar refractivity (Wildman–Crippen MR) is 86.1 cm³/mol. The molecule has 1 amide bonds. The average molecular weight is 292 g/mol. The molecule has 3 aliphatic rings. The molecule has 0 bridgehead atoms. The average Bonchev–Trinajstić information content (AvgIpc) is 2.56. The van der Waals surface area contributed by atoms with E-state index in [-0.39, 0.29) is 0 Å². The lowest BCUT2D eigenvalue weighted by Gasteiger charge is -2.45. The Kier molecular flexibility index (Phi) is 4.88. The van der Waals surface area contributed by atoms with E-state index in [1.54, 1.807) is 0 Å². The van der Waals surface area contributed by atoms with Gasteiger partial charge in [-0.25, -0.2) is 0 Å². The van der Waals surface area contributed by atoms with E-state index in [2.05, 4.69) is 17.1 Å². The summed E-state index contributed by atoms with van der Waals surface area (Å²) in [6.07, 6.45) is 11.2. The lowest BCUT2D eigenvalue weighted by Crippen LogP contribution is -2.48. The molecule has 0 aromatic heterocycles. The van der Waals surface area contributed by atoms with Gasteiger partial charge in [0.1, 0.15) is 0 Å². The molecule has 2 saturated heterocycles. The van der Waals surface area contributed by atoms with Gasteiger partial charge in [0.2, 0.25) is 5.91 Å². The van der Waals surface area contributed by atoms with Crippen LogP contribution in [-0.2, 0) is 4.79 Å². The number of nitrogens with one attached hydrogen (secondary N) is 1. The maximum atomic E-state index is 12.7. The second-order valence-corrected chi connectivity index (χ2v) is 7.70. The van der Waals surface area contributed by atoms with E-state index in [4.69, 9.17) is 0 Å². The van der Waals surface area contributed by atoms with Crippen LogP contribution in [0.15, 0.2) is 0 Å². The normalized spacial score (nSPS) is 33.1. The fourth-order valence-electron chi connectivity index (χ4n) is 4.73. The molecule has 1 spiro atoms. The quantitative estimate of drug-likeness (QED) is 0.847. The van der Waals surface area contributed by atoms with Crippen molar-refractivity contribution in [3.05, 3.63) is 0 Å². The number of hydrogen-bond donors (Lipinski definition) is 1. The van der Waals surface area contributed by atoms with Gasteiger partial charge >= 0.3 is 0 Å². The Balaban J connectivity index is 1.49. The highest BCUT2D eigenvalue weighted by Gasteiger charge is 2.38. The fourth-order valence-corrected chi connectivity index (χ4v) is 4.73. The molecule has 1 aliphatic carbocycles. The van der Waals surface area contributed by atoms with E-state index in [9.17, 15) is 4.79 Å². The van der Waals surface area contributed by atoms with Crippen molar-refractivity contribution in [1.29, 1.82) is 0 Å². The van der Waals surface area contributed by atoms with E-state index < -0.39 is 0 Å². The van der Waals surface area contributed by atoms with Gasteiger partial charge in [-0.2, -0.15) is 0 Å². The standard InChI is InChI=1S/C18H32N2O/c1-2-15-3-5-16(6-4-15)17(21)20-13-9-18(10-14-20)7-11-19-12-8-18/h15-16,19H,2-14H2,1H3. The highest BCUT2D eigenvalue weighted by Crippen LogP contribution is 2.40. The summed E-state index contributed by atoms with van der Waals surface area (Å²) < 4.78 is 0. The van der Waals surface area contributed by atoms with Crippen LogP contribution in [0.3, 0.4) is 0 Å². The van der Waals surface area contributed by atoms with Gasteiger partial charge in [0.05, 0.1) is 0 Å². The molecule has 1 saturated carbocycles. The molecule has 0 atom stereocenters. The van der Waals surface area contributed by atoms with Crippen LogP contribution in [0.4, 0.5) is 0 Å². The van der Waals surface area contributed by atoms with Gasteiger partial charge in [-0.1, -0.05) is 13.3 Å². The van der Waals surface area contributed by atoms with Crippen LogP contribution in [0.2, 0.25) is 0 Å². The summed E-state index contributed by atoms with van der Waals surface area (Å²) in [6.45, 7) is 6.68. The lowest BCUT2D eigenvalue weighted by atomic mass is 9.71. The molecule has 1 N–H and O–H groups in total. The van der Waals surface area contributed by atoms with Crippen LogP contribution in [0.5, 0.6) is 0 Å². The number of hydrogen-bond acceptors (Lipinski definition) is 2. The van der Waals surface area contributed by atoms with Crippen LogP contribution in [-0.4, -0.2) is 37.0 Å². The second-order valence-electron chi connectivity index (χ2n) is 7.70. The van der Waals surface area contributed by atoms with Crippen LogP contribution in [0.1, 0.15) is 64.7 Å². The summed E-state index contributed by atoms with van der Waals surface area (Å²) in [7, 11) is 0. The second kappa shape index (κ2) is 6.68. The van der Waals surface area contributed by atoms with Crippen molar-refractivity contribution in [2.75, 3.05) is 26.2 Å². The molecular weight excluding hydrogens is 260 g/mol. The summed E-state index contributed by atoms with van der Waals surface area (Å²) >= 11 is 0. The monoisotopic (exact) mass is 292 g/mol. The molecular formula is C18H32N2O. The van der Waals surface area contributed by atoms with Crippen molar-refractivity contribution in [3.63, 3.8) is 0 Å². The minimum atomic E-state index is 0.342. The molecule has 0 aromatic rings. The van der Waals surface area contributed by atoms with Gasteiger partial charge < -0.3 is 10.2 Å². The van der Waals surface area contributed by atoms with Crippen molar-refractivity contribution in [3.8, 4) is 0 Å². The van der Waals surface area contributed by atoms with Crippen LogP contribution >= 0.6 is 0 Å². The maximum absolute atomic E-state index is 12.7. The molecule has 120 valence electrons. The van der Waals surface area contributed by atoms with E-state index in [1.807, 2.05) is 0 Å². The van der Waals surface area contributed by atoms with Crippen molar-refractivity contribution in [1.82, 2.24) is 10.2 Å². The van der Waals surface area contributed by atoms with Gasteiger partial charge in [0.25, 0.3) is 0 Å². The lowest BCUT2D eigenvalue weighted by molar-refractivity contribution is -0.139. The van der Waals surface area contributed by atoms with Crippen LogP contribution in [0, 0.1) is 17.3 Å². The topological polar surface area (TPSA) is 32.3 Å². The number of likely N-dealkylation sites (tertiary alicyclic amines) is 1. The molecule has 3 heteroatoms. The zero-order valence-electron chi connectivity index (χ0n) is 13.7. The Hall–Kier alpha value is -0.570. The van der Waals surface area contributed by atoms with Gasteiger partial charge in [-0.15, -0.1) is 0 Å². The van der Waals surface area contributed by atoms with E-state index >= 15 is 0 Å². The molecule has 0 aromatic carbocycles. The SMILES string of the molecule is CCC1CCC(C(=O)N2CCC3(CCNCC3)CC2)CC1. The zero-order chi connectivity index (χ0) is 14.7. The van der Waals surface area contributed by atoms with Crippen LogP contribution in [0.25, 0.3) is 0 Å². The first kappa shape index (κ1) is 15.3. The Labute approximate surface area is 129 Å². The van der Waals surface area contributed by atoms with E-state index in [1.165, 1.54) is 58.0 Å². The summed E-state index contributed by atoms with van der Waals surface area (Å²) in [4.78, 5) is 14.9. The predicted octanol–water partition coefficient (Wildman–Crippen LogP) is 3.20. The van der Waals surface area contributed by atoms with E-state index in [0.717, 1.165) is 31.8 Å². The summed E-state index contributed by atoms with van der Waals surface area (Å²) in [6, 6.07) is 0. The van der Waals surface area contributed by atoms with Gasteiger partial charge in [-0.05, 0) is 75.8 Å². The Morgan fingerprint density at radius 1 is 1.05 bits per heavy atom. The number of nitrogens with zero attached hydrogens (tertiary/aromatic N) is 1. The first-order valence-corrected chi connectivity index (χ1v) is 9.22. The molecule has 0 unspecified atom stereocenters. The molecule has 2 heterocycles. The number of rotatable bonds is 2. The van der Waals surface area contributed by atoms with Gasteiger partial charge in [-0.3, -0.25) is 4.79 Å². The molecule has 3 rings (SSSR count).